The van der Waals surface area contributed by atoms with Crippen molar-refractivity contribution in [2.24, 2.45) is 0 Å². The van der Waals surface area contributed by atoms with Crippen molar-refractivity contribution < 1.29 is 19.7 Å². The topological polar surface area (TPSA) is 260 Å². The highest BCUT2D eigenvalue weighted by Gasteiger charge is 2.09. The van der Waals surface area contributed by atoms with Crippen molar-refractivity contribution in [1.29, 1.82) is 10.5 Å². The Balaban J connectivity index is 0.000000181. The van der Waals surface area contributed by atoms with E-state index in [9.17, 15) is 10.2 Å². The molecule has 0 atom stereocenters. The summed E-state index contributed by atoms with van der Waals surface area (Å²) >= 11 is 0. The van der Waals surface area contributed by atoms with Crippen LogP contribution in [-0.2, 0) is 0 Å². The summed E-state index contributed by atoms with van der Waals surface area (Å²) in [5.74, 6) is 4.40. The molecule has 0 saturated carbocycles. The fraction of sp³-hybridized carbons (Fsp3) is 0. The van der Waals surface area contributed by atoms with E-state index in [1.807, 2.05) is 42.5 Å². The van der Waals surface area contributed by atoms with E-state index < -0.39 is 0 Å². The molecule has 4 aromatic heterocycles. The molecular formula is C44H32N12O4. The molecule has 0 bridgehead atoms. The lowest BCUT2D eigenvalue weighted by Crippen LogP contribution is -2.01. The molecule has 0 unspecified atom stereocenters. The highest BCUT2D eigenvalue weighted by molar-refractivity contribution is 5.69. The third-order valence-corrected chi connectivity index (χ3v) is 8.15. The van der Waals surface area contributed by atoms with Gasteiger partial charge in [0.25, 0.3) is 0 Å². The van der Waals surface area contributed by atoms with E-state index in [0.717, 1.165) is 16.9 Å². The second-order valence-corrected chi connectivity index (χ2v) is 12.6. The number of rotatable bonds is 10. The van der Waals surface area contributed by atoms with Gasteiger partial charge in [-0.3, -0.25) is 0 Å². The second kappa shape index (κ2) is 18.1. The standard InChI is InChI=1S/2C22H16N6O2/c23-13-16-11-19(8-9-25-16)30-18-6-4-15(5-7-18)26-21-12-20(24)27-22(28-21)14-2-1-3-17(29)10-14;23-13-16-11-19(8-9-25-16)30-18-6-4-15(5-7-18)26-21-12-20(27-22(24)28-21)14-2-1-3-17(29)10-14/h2*1-12,29H,(H3,24,26,27,28). The molecular weight excluding hydrogens is 761 g/mol. The number of nitriles is 2. The lowest BCUT2D eigenvalue weighted by molar-refractivity contribution is 0.475. The van der Waals surface area contributed by atoms with Gasteiger partial charge in [-0.15, -0.1) is 0 Å². The normalized spacial score (nSPS) is 10.2. The number of phenols is 2. The van der Waals surface area contributed by atoms with Crippen LogP contribution < -0.4 is 31.6 Å². The van der Waals surface area contributed by atoms with Crippen LogP contribution in [0.25, 0.3) is 22.6 Å². The molecule has 4 aromatic carbocycles. The molecule has 0 aliphatic heterocycles. The highest BCUT2D eigenvalue weighted by atomic mass is 16.5. The molecule has 8 aromatic rings. The van der Waals surface area contributed by atoms with Gasteiger partial charge in [0.05, 0.1) is 5.69 Å². The van der Waals surface area contributed by atoms with E-state index in [0.29, 0.717) is 57.5 Å². The van der Waals surface area contributed by atoms with E-state index in [2.05, 4.69) is 40.5 Å². The van der Waals surface area contributed by atoms with Gasteiger partial charge in [0.2, 0.25) is 5.95 Å². The lowest BCUT2D eigenvalue weighted by Gasteiger charge is -2.10. The molecule has 16 heteroatoms. The smallest absolute Gasteiger partial charge is 0.222 e. The monoisotopic (exact) mass is 792 g/mol. The molecule has 16 nitrogen and oxygen atoms in total. The predicted octanol–water partition coefficient (Wildman–Crippen LogP) is 8.47. The van der Waals surface area contributed by atoms with Crippen molar-refractivity contribution in [1.82, 2.24) is 29.9 Å². The summed E-state index contributed by atoms with van der Waals surface area (Å²) in [4.78, 5) is 25.0. The van der Waals surface area contributed by atoms with Gasteiger partial charge in [0.1, 0.15) is 75.5 Å². The summed E-state index contributed by atoms with van der Waals surface area (Å²) in [6.45, 7) is 0. The van der Waals surface area contributed by atoms with Crippen molar-refractivity contribution in [3.8, 4) is 69.3 Å². The third-order valence-electron chi connectivity index (χ3n) is 8.15. The Bertz CT molecular complexity index is 2670. The van der Waals surface area contributed by atoms with Crippen molar-refractivity contribution >= 4 is 34.8 Å². The molecule has 0 saturated heterocycles. The largest absolute Gasteiger partial charge is 0.508 e. The maximum absolute atomic E-state index is 9.69. The summed E-state index contributed by atoms with van der Waals surface area (Å²) in [5.41, 5.74) is 15.9. The average Bonchev–Trinajstić information content (AvgIpc) is 3.25. The number of aromatic hydroxyl groups is 2. The first kappa shape index (κ1) is 39.0. The fourth-order valence-electron chi connectivity index (χ4n) is 5.50. The van der Waals surface area contributed by atoms with Crippen LogP contribution in [0.2, 0.25) is 0 Å². The van der Waals surface area contributed by atoms with Crippen LogP contribution in [0.3, 0.4) is 0 Å². The predicted molar refractivity (Wildman–Crippen MR) is 225 cm³/mol. The van der Waals surface area contributed by atoms with E-state index in [1.54, 1.807) is 103 Å². The minimum Gasteiger partial charge on any atom is -0.508 e. The molecule has 0 aliphatic rings. The molecule has 60 heavy (non-hydrogen) atoms. The zero-order valence-electron chi connectivity index (χ0n) is 31.3. The van der Waals surface area contributed by atoms with Gasteiger partial charge in [0.15, 0.2) is 5.82 Å². The van der Waals surface area contributed by atoms with E-state index >= 15 is 0 Å². The zero-order chi connectivity index (χ0) is 41.8. The van der Waals surface area contributed by atoms with Crippen molar-refractivity contribution in [3.05, 3.63) is 157 Å². The highest BCUT2D eigenvalue weighted by Crippen LogP contribution is 2.29. The minimum atomic E-state index is 0.115. The maximum atomic E-state index is 9.69. The number of pyridine rings is 2. The Morgan fingerprint density at radius 2 is 1.03 bits per heavy atom. The maximum Gasteiger partial charge on any atom is 0.222 e. The molecule has 0 radical (unpaired) electrons. The average molecular weight is 793 g/mol. The van der Waals surface area contributed by atoms with Crippen LogP contribution in [0.1, 0.15) is 11.4 Å². The number of hydrogen-bond donors (Lipinski definition) is 6. The van der Waals surface area contributed by atoms with Gasteiger partial charge in [-0.25, -0.2) is 24.9 Å². The Morgan fingerprint density at radius 1 is 0.517 bits per heavy atom. The first-order valence-electron chi connectivity index (χ1n) is 17.9. The molecule has 0 spiro atoms. The summed E-state index contributed by atoms with van der Waals surface area (Å²) in [6, 6.07) is 41.7. The van der Waals surface area contributed by atoms with Crippen LogP contribution in [0.4, 0.5) is 34.8 Å². The van der Waals surface area contributed by atoms with Crippen LogP contribution in [0.5, 0.6) is 34.5 Å². The number of anilines is 6. The number of benzene rings is 4. The Hall–Kier alpha value is -9.28. The van der Waals surface area contributed by atoms with Crippen LogP contribution in [-0.4, -0.2) is 40.1 Å². The zero-order valence-corrected chi connectivity index (χ0v) is 31.3. The molecule has 8 rings (SSSR count). The number of ether oxygens (including phenoxy) is 2. The number of nitrogen functional groups attached to an aromatic ring is 2. The first-order valence-corrected chi connectivity index (χ1v) is 17.9. The summed E-state index contributed by atoms with van der Waals surface area (Å²) < 4.78 is 11.5. The molecule has 8 N–H and O–H groups in total. The van der Waals surface area contributed by atoms with E-state index in [4.69, 9.17) is 31.5 Å². The number of hydrogen-bond acceptors (Lipinski definition) is 16. The number of nitrogens with zero attached hydrogens (tertiary/aromatic N) is 8. The molecule has 0 aliphatic carbocycles. The van der Waals surface area contributed by atoms with Crippen molar-refractivity contribution in [3.63, 3.8) is 0 Å². The Kier molecular flexibility index (Phi) is 11.8. The quantitative estimate of drug-likeness (QED) is 0.0758. The van der Waals surface area contributed by atoms with Crippen LogP contribution >= 0.6 is 0 Å². The molecule has 292 valence electrons. The summed E-state index contributed by atoms with van der Waals surface area (Å²) in [7, 11) is 0. The number of nitrogens with two attached hydrogens (primary N) is 2. The fourth-order valence-corrected chi connectivity index (χ4v) is 5.50. The van der Waals surface area contributed by atoms with Crippen LogP contribution in [0.15, 0.2) is 146 Å². The third kappa shape index (κ3) is 10.5. The molecule has 0 amide bonds. The Morgan fingerprint density at radius 3 is 1.57 bits per heavy atom. The Labute approximate surface area is 342 Å². The van der Waals surface area contributed by atoms with Crippen molar-refractivity contribution in [2.75, 3.05) is 22.1 Å². The SMILES string of the molecule is N#Cc1cc(Oc2ccc(Nc3cc(-c4cccc(O)c4)nc(N)n3)cc2)ccn1.N#Cc1cc(Oc2ccc(Nc3cc(N)nc(-c4cccc(O)c4)n3)cc2)ccn1. The second-order valence-electron chi connectivity index (χ2n) is 12.6. The minimum absolute atomic E-state index is 0.115. The van der Waals surface area contributed by atoms with Gasteiger partial charge >= 0.3 is 0 Å². The van der Waals surface area contributed by atoms with Gasteiger partial charge in [-0.1, -0.05) is 24.3 Å². The van der Waals surface area contributed by atoms with Gasteiger partial charge < -0.3 is 41.8 Å². The van der Waals surface area contributed by atoms with Crippen molar-refractivity contribution in [2.45, 2.75) is 0 Å². The number of nitrogens with one attached hydrogen (secondary N) is 2. The molecule has 0 fully saturated rings. The summed E-state index contributed by atoms with van der Waals surface area (Å²) in [6.07, 6.45) is 3.04. The van der Waals surface area contributed by atoms with E-state index in [1.165, 1.54) is 12.4 Å². The lowest BCUT2D eigenvalue weighted by atomic mass is 10.1. The van der Waals surface area contributed by atoms with Gasteiger partial charge in [-0.2, -0.15) is 15.5 Å². The number of aromatic nitrogens is 6. The van der Waals surface area contributed by atoms with E-state index in [-0.39, 0.29) is 28.8 Å². The summed E-state index contributed by atoms with van der Waals surface area (Å²) in [5, 5.41) is 43.6. The van der Waals surface area contributed by atoms with Gasteiger partial charge in [-0.05, 0) is 84.9 Å². The molecule has 4 heterocycles. The van der Waals surface area contributed by atoms with Gasteiger partial charge in [0, 0.05) is 59.2 Å². The number of phenolic OH excluding ortho intramolecular Hbond substituents is 2. The first-order chi connectivity index (χ1) is 29.2. The van der Waals surface area contributed by atoms with Crippen LogP contribution in [0, 0.1) is 22.7 Å².